The molecule has 0 atom stereocenters. The van der Waals surface area contributed by atoms with Crippen molar-refractivity contribution >= 4 is 5.91 Å². The van der Waals surface area contributed by atoms with Crippen molar-refractivity contribution in [1.82, 2.24) is 10.3 Å². The Morgan fingerprint density at radius 1 is 1.00 bits per heavy atom. The molecule has 1 aromatic heterocycles. The number of carbonyl (C=O) groups excluding carboxylic acids is 1. The Bertz CT molecular complexity index is 1080. The van der Waals surface area contributed by atoms with Gasteiger partial charge < -0.3 is 19.5 Å². The van der Waals surface area contributed by atoms with E-state index in [1.165, 1.54) is 0 Å². The van der Waals surface area contributed by atoms with Gasteiger partial charge >= 0.3 is 0 Å². The summed E-state index contributed by atoms with van der Waals surface area (Å²) >= 11 is 0. The molecule has 0 unspecified atom stereocenters. The van der Waals surface area contributed by atoms with Gasteiger partial charge in [0, 0.05) is 43.8 Å². The number of carbonyl (C=O) groups is 1. The van der Waals surface area contributed by atoms with Gasteiger partial charge in [0.05, 0.1) is 19.6 Å². The fourth-order valence-corrected chi connectivity index (χ4v) is 4.40. The number of benzene rings is 2. The van der Waals surface area contributed by atoms with Crippen LogP contribution in [0, 0.1) is 5.41 Å². The largest absolute Gasteiger partial charge is 0.497 e. The summed E-state index contributed by atoms with van der Waals surface area (Å²) < 4.78 is 16.4. The average molecular weight is 447 g/mol. The zero-order chi connectivity index (χ0) is 23.1. The summed E-state index contributed by atoms with van der Waals surface area (Å²) in [7, 11) is 3.24. The summed E-state index contributed by atoms with van der Waals surface area (Å²) in [5.74, 6) is 1.47. The lowest BCUT2D eigenvalue weighted by Gasteiger charge is -2.36. The maximum atomic E-state index is 13.5. The third-order valence-electron chi connectivity index (χ3n) is 6.35. The van der Waals surface area contributed by atoms with Crippen LogP contribution in [0.3, 0.4) is 0 Å². The smallest absolute Gasteiger partial charge is 0.226 e. The minimum Gasteiger partial charge on any atom is -0.497 e. The standard InChI is InChI=1S/C27H30N2O4/c1-31-24-7-6-23(25(17-24)32-2)19-29-26(30)27(10-14-33-15-11-27)18-20-4-3-5-22(16-20)21-8-12-28-13-9-21/h3-9,12-13,16-17H,10-11,14-15,18-19H2,1-2H3,(H,29,30). The van der Waals surface area contributed by atoms with Crippen molar-refractivity contribution in [2.24, 2.45) is 5.41 Å². The Kier molecular flexibility index (Phi) is 7.25. The van der Waals surface area contributed by atoms with Gasteiger partial charge in [0.15, 0.2) is 0 Å². The minimum atomic E-state index is -0.505. The van der Waals surface area contributed by atoms with Crippen molar-refractivity contribution in [2.45, 2.75) is 25.8 Å². The monoisotopic (exact) mass is 446 g/mol. The molecule has 6 heteroatoms. The maximum Gasteiger partial charge on any atom is 0.226 e. The first-order chi connectivity index (χ1) is 16.1. The van der Waals surface area contributed by atoms with Crippen molar-refractivity contribution in [1.29, 1.82) is 0 Å². The van der Waals surface area contributed by atoms with E-state index in [9.17, 15) is 4.79 Å². The molecule has 172 valence electrons. The second kappa shape index (κ2) is 10.5. The van der Waals surface area contributed by atoms with Crippen molar-refractivity contribution in [3.63, 3.8) is 0 Å². The highest BCUT2D eigenvalue weighted by molar-refractivity contribution is 5.83. The van der Waals surface area contributed by atoms with E-state index < -0.39 is 5.41 Å². The lowest BCUT2D eigenvalue weighted by molar-refractivity contribution is -0.136. The molecule has 1 aliphatic rings. The van der Waals surface area contributed by atoms with Crippen molar-refractivity contribution in [2.75, 3.05) is 27.4 Å². The van der Waals surface area contributed by atoms with Crippen LogP contribution in [-0.4, -0.2) is 38.3 Å². The fourth-order valence-electron chi connectivity index (χ4n) is 4.40. The lowest BCUT2D eigenvalue weighted by atomic mass is 9.74. The highest BCUT2D eigenvalue weighted by Crippen LogP contribution is 2.36. The highest BCUT2D eigenvalue weighted by atomic mass is 16.5. The fraction of sp³-hybridized carbons (Fsp3) is 0.333. The summed E-state index contributed by atoms with van der Waals surface area (Å²) in [5, 5.41) is 3.16. The number of hydrogen-bond acceptors (Lipinski definition) is 5. The highest BCUT2D eigenvalue weighted by Gasteiger charge is 2.40. The SMILES string of the molecule is COc1ccc(CNC(=O)C2(Cc3cccc(-c4ccncc4)c3)CCOCC2)c(OC)c1. The van der Waals surface area contributed by atoms with Gasteiger partial charge in [-0.15, -0.1) is 0 Å². The second-order valence-corrected chi connectivity index (χ2v) is 8.37. The Balaban J connectivity index is 1.52. The Morgan fingerprint density at radius 2 is 1.79 bits per heavy atom. The number of amides is 1. The van der Waals surface area contributed by atoms with E-state index in [0.717, 1.165) is 28.0 Å². The molecular formula is C27H30N2O4. The van der Waals surface area contributed by atoms with Crippen molar-refractivity contribution < 1.29 is 19.0 Å². The predicted octanol–water partition coefficient (Wildman–Crippen LogP) is 4.42. The van der Waals surface area contributed by atoms with Crippen LogP contribution in [0.4, 0.5) is 0 Å². The lowest BCUT2D eigenvalue weighted by Crippen LogP contribution is -2.46. The summed E-state index contributed by atoms with van der Waals surface area (Å²) in [6.45, 7) is 1.57. The summed E-state index contributed by atoms with van der Waals surface area (Å²) in [6, 6.07) is 18.0. The van der Waals surface area contributed by atoms with Gasteiger partial charge in [0.2, 0.25) is 5.91 Å². The zero-order valence-corrected chi connectivity index (χ0v) is 19.2. The molecule has 1 aliphatic heterocycles. The minimum absolute atomic E-state index is 0.0537. The van der Waals surface area contributed by atoms with Crippen LogP contribution in [0.25, 0.3) is 11.1 Å². The third kappa shape index (κ3) is 5.34. The molecule has 0 spiro atoms. The molecule has 1 amide bonds. The van der Waals surface area contributed by atoms with E-state index >= 15 is 0 Å². The van der Waals surface area contributed by atoms with E-state index in [1.807, 2.05) is 30.3 Å². The van der Waals surface area contributed by atoms with Gasteiger partial charge in [-0.25, -0.2) is 0 Å². The molecule has 2 aromatic carbocycles. The Hall–Kier alpha value is -3.38. The summed E-state index contributed by atoms with van der Waals surface area (Å²) in [4.78, 5) is 17.6. The number of nitrogens with one attached hydrogen (secondary N) is 1. The first kappa shape index (κ1) is 22.8. The molecule has 0 aliphatic carbocycles. The van der Waals surface area contributed by atoms with E-state index in [-0.39, 0.29) is 5.91 Å². The Morgan fingerprint density at radius 3 is 2.52 bits per heavy atom. The van der Waals surface area contributed by atoms with E-state index in [2.05, 4.69) is 34.6 Å². The molecule has 1 fully saturated rings. The number of methoxy groups -OCH3 is 2. The zero-order valence-electron chi connectivity index (χ0n) is 19.2. The Labute approximate surface area is 194 Å². The van der Waals surface area contributed by atoms with Crippen LogP contribution in [0.2, 0.25) is 0 Å². The number of nitrogens with zero attached hydrogens (tertiary/aromatic N) is 1. The summed E-state index contributed by atoms with van der Waals surface area (Å²) in [6.07, 6.45) is 5.64. The van der Waals surface area contributed by atoms with Crippen LogP contribution in [0.1, 0.15) is 24.0 Å². The molecule has 0 saturated carbocycles. The average Bonchev–Trinajstić information content (AvgIpc) is 2.88. The topological polar surface area (TPSA) is 69.7 Å². The first-order valence-electron chi connectivity index (χ1n) is 11.2. The van der Waals surface area contributed by atoms with E-state index in [0.29, 0.717) is 44.8 Å². The predicted molar refractivity (Wildman–Crippen MR) is 127 cm³/mol. The number of rotatable bonds is 8. The van der Waals surface area contributed by atoms with E-state index in [1.54, 1.807) is 26.6 Å². The van der Waals surface area contributed by atoms with Gasteiger partial charge in [-0.3, -0.25) is 9.78 Å². The van der Waals surface area contributed by atoms with Crippen LogP contribution in [0.15, 0.2) is 67.0 Å². The van der Waals surface area contributed by atoms with Gasteiger partial charge in [-0.2, -0.15) is 0 Å². The maximum absolute atomic E-state index is 13.5. The quantitative estimate of drug-likeness (QED) is 0.555. The summed E-state index contributed by atoms with van der Waals surface area (Å²) in [5.41, 5.74) is 3.79. The molecule has 3 aromatic rings. The van der Waals surface area contributed by atoms with Crippen LogP contribution in [0.5, 0.6) is 11.5 Å². The molecule has 33 heavy (non-hydrogen) atoms. The number of hydrogen-bond donors (Lipinski definition) is 1. The van der Waals surface area contributed by atoms with Crippen LogP contribution < -0.4 is 14.8 Å². The van der Waals surface area contributed by atoms with Gasteiger partial charge in [0.25, 0.3) is 0 Å². The normalized spacial score (nSPS) is 15.0. The molecule has 4 rings (SSSR count). The first-order valence-corrected chi connectivity index (χ1v) is 11.2. The number of pyridine rings is 1. The van der Waals surface area contributed by atoms with Gasteiger partial charge in [0.1, 0.15) is 11.5 Å². The van der Waals surface area contributed by atoms with E-state index in [4.69, 9.17) is 14.2 Å². The van der Waals surface area contributed by atoms with Crippen molar-refractivity contribution in [3.05, 3.63) is 78.1 Å². The van der Waals surface area contributed by atoms with Crippen LogP contribution >= 0.6 is 0 Å². The third-order valence-corrected chi connectivity index (χ3v) is 6.35. The molecule has 0 radical (unpaired) electrons. The van der Waals surface area contributed by atoms with Gasteiger partial charge in [-0.05, 0) is 60.2 Å². The number of aromatic nitrogens is 1. The molecule has 0 bridgehead atoms. The molecule has 2 heterocycles. The second-order valence-electron chi connectivity index (χ2n) is 8.37. The molecule has 1 N–H and O–H groups in total. The number of ether oxygens (including phenoxy) is 3. The van der Waals surface area contributed by atoms with Crippen LogP contribution in [-0.2, 0) is 22.5 Å². The molecule has 1 saturated heterocycles. The molecule has 6 nitrogen and oxygen atoms in total. The van der Waals surface area contributed by atoms with Gasteiger partial charge in [-0.1, -0.05) is 24.3 Å². The molecular weight excluding hydrogens is 416 g/mol. The van der Waals surface area contributed by atoms with Crippen molar-refractivity contribution in [3.8, 4) is 22.6 Å².